The smallest absolute Gasteiger partial charge is 0.337 e. The zero-order chi connectivity index (χ0) is 13.7. The van der Waals surface area contributed by atoms with E-state index in [1.54, 1.807) is 0 Å². The first-order valence-corrected chi connectivity index (χ1v) is 6.34. The maximum Gasteiger partial charge on any atom is 0.337 e. The molecule has 6 nitrogen and oxygen atoms in total. The number of nitrogens with zero attached hydrogens (tertiary/aromatic N) is 1. The van der Waals surface area contributed by atoms with E-state index in [2.05, 4.69) is 0 Å². The summed E-state index contributed by atoms with van der Waals surface area (Å²) in [5, 5.41) is 8.86. The molecule has 0 amide bonds. The average Bonchev–Trinajstić information content (AvgIpc) is 2.42. The van der Waals surface area contributed by atoms with Crippen molar-refractivity contribution in [2.45, 2.75) is 32.1 Å². The van der Waals surface area contributed by atoms with Crippen LogP contribution in [0.3, 0.4) is 0 Å². The molecule has 1 saturated heterocycles. The highest BCUT2D eigenvalue weighted by Crippen LogP contribution is 2.13. The Bertz CT molecular complexity index is 490. The summed E-state index contributed by atoms with van der Waals surface area (Å²) in [4.78, 5) is 22.4. The van der Waals surface area contributed by atoms with Crippen LogP contribution in [0, 0.1) is 0 Å². The van der Waals surface area contributed by atoms with Gasteiger partial charge in [0.2, 0.25) is 0 Å². The van der Waals surface area contributed by atoms with Gasteiger partial charge in [0, 0.05) is 25.4 Å². The maximum absolute atomic E-state index is 11.6. The molecule has 1 fully saturated rings. The number of rotatable bonds is 5. The van der Waals surface area contributed by atoms with Crippen LogP contribution in [-0.4, -0.2) is 35.1 Å². The molecule has 6 heteroatoms. The molecule has 0 saturated carbocycles. The van der Waals surface area contributed by atoms with Gasteiger partial charge in [-0.05, 0) is 25.3 Å². The predicted octanol–water partition coefficient (Wildman–Crippen LogP) is 1.09. The van der Waals surface area contributed by atoms with Crippen molar-refractivity contribution in [3.63, 3.8) is 0 Å². The molecule has 104 valence electrons. The lowest BCUT2D eigenvalue weighted by atomic mass is 10.2. The van der Waals surface area contributed by atoms with Crippen molar-refractivity contribution in [3.05, 3.63) is 34.2 Å². The molecule has 1 unspecified atom stereocenters. The van der Waals surface area contributed by atoms with Gasteiger partial charge >= 0.3 is 5.97 Å². The molecule has 2 heterocycles. The molecule has 1 aromatic rings. The highest BCUT2D eigenvalue weighted by atomic mass is 16.7. The topological polar surface area (TPSA) is 77.8 Å². The van der Waals surface area contributed by atoms with Gasteiger partial charge in [-0.15, -0.1) is 0 Å². The minimum Gasteiger partial charge on any atom is -0.478 e. The Hall–Kier alpha value is -1.66. The lowest BCUT2D eigenvalue weighted by Crippen LogP contribution is -2.27. The third kappa shape index (κ3) is 3.90. The van der Waals surface area contributed by atoms with Crippen molar-refractivity contribution in [3.8, 4) is 0 Å². The first-order valence-electron chi connectivity index (χ1n) is 6.34. The Labute approximate surface area is 110 Å². The molecule has 0 radical (unpaired) electrons. The Kier molecular flexibility index (Phi) is 4.70. The normalized spacial score (nSPS) is 19.3. The lowest BCUT2D eigenvalue weighted by molar-refractivity contribution is -0.163. The number of ether oxygens (including phenoxy) is 2. The first-order chi connectivity index (χ1) is 9.16. The molecule has 0 spiro atoms. The Morgan fingerprint density at radius 2 is 2.32 bits per heavy atom. The van der Waals surface area contributed by atoms with Crippen LogP contribution in [0.4, 0.5) is 0 Å². The van der Waals surface area contributed by atoms with Gasteiger partial charge in [0.1, 0.15) is 0 Å². The quantitative estimate of drug-likeness (QED) is 0.864. The fourth-order valence-electron chi connectivity index (χ4n) is 1.96. The van der Waals surface area contributed by atoms with E-state index in [0.717, 1.165) is 19.3 Å². The van der Waals surface area contributed by atoms with Crippen LogP contribution < -0.4 is 5.56 Å². The average molecular weight is 267 g/mol. The van der Waals surface area contributed by atoms with Crippen LogP contribution in [0.15, 0.2) is 23.1 Å². The van der Waals surface area contributed by atoms with Gasteiger partial charge in [-0.25, -0.2) is 4.79 Å². The monoisotopic (exact) mass is 267 g/mol. The van der Waals surface area contributed by atoms with Crippen molar-refractivity contribution in [2.75, 3.05) is 13.2 Å². The summed E-state index contributed by atoms with van der Waals surface area (Å²) in [5.74, 6) is -1.05. The molecule has 2 rings (SSSR count). The third-order valence-electron chi connectivity index (χ3n) is 3.00. The van der Waals surface area contributed by atoms with Crippen LogP contribution in [-0.2, 0) is 16.0 Å². The lowest BCUT2D eigenvalue weighted by Gasteiger charge is -2.22. The molecule has 0 bridgehead atoms. The Morgan fingerprint density at radius 3 is 3.00 bits per heavy atom. The molecule has 1 atom stereocenters. The molecule has 1 aliphatic rings. The summed E-state index contributed by atoms with van der Waals surface area (Å²) in [6, 6.07) is 2.55. The van der Waals surface area contributed by atoms with Gasteiger partial charge in [0.15, 0.2) is 6.29 Å². The summed E-state index contributed by atoms with van der Waals surface area (Å²) < 4.78 is 12.3. The largest absolute Gasteiger partial charge is 0.478 e. The molecule has 1 aliphatic heterocycles. The summed E-state index contributed by atoms with van der Waals surface area (Å²) >= 11 is 0. The minimum absolute atomic E-state index is 0.0912. The number of pyridine rings is 1. The van der Waals surface area contributed by atoms with Crippen LogP contribution in [0.2, 0.25) is 0 Å². The number of carboxylic acid groups (broad SMARTS) is 1. The van der Waals surface area contributed by atoms with E-state index < -0.39 is 5.97 Å². The van der Waals surface area contributed by atoms with Crippen LogP contribution in [0.5, 0.6) is 0 Å². The van der Waals surface area contributed by atoms with Gasteiger partial charge in [-0.1, -0.05) is 0 Å². The van der Waals surface area contributed by atoms with Crippen LogP contribution in [0.1, 0.15) is 29.6 Å². The second-order valence-electron chi connectivity index (χ2n) is 4.42. The van der Waals surface area contributed by atoms with Crippen molar-refractivity contribution in [1.29, 1.82) is 0 Å². The van der Waals surface area contributed by atoms with E-state index in [1.807, 2.05) is 0 Å². The van der Waals surface area contributed by atoms with Crippen LogP contribution >= 0.6 is 0 Å². The SMILES string of the molecule is O=C(O)c1ccc(=O)n(CCOC2CCCCO2)c1. The highest BCUT2D eigenvalue weighted by Gasteiger charge is 2.13. The molecule has 1 aromatic heterocycles. The van der Waals surface area contributed by atoms with Crippen molar-refractivity contribution in [1.82, 2.24) is 4.57 Å². The van der Waals surface area contributed by atoms with Gasteiger partial charge in [0.05, 0.1) is 12.2 Å². The second-order valence-corrected chi connectivity index (χ2v) is 4.42. The van der Waals surface area contributed by atoms with Crippen molar-refractivity contribution >= 4 is 5.97 Å². The summed E-state index contributed by atoms with van der Waals surface area (Å²) in [6.45, 7) is 1.35. The van der Waals surface area contributed by atoms with Crippen molar-refractivity contribution < 1.29 is 19.4 Å². The standard InChI is InChI=1S/C13H17NO5/c15-11-5-4-10(13(16)17)9-14(11)6-8-19-12-3-1-2-7-18-12/h4-5,9,12H,1-3,6-8H2,(H,16,17). The molecule has 0 aliphatic carbocycles. The number of aromatic nitrogens is 1. The van der Waals surface area contributed by atoms with E-state index in [-0.39, 0.29) is 17.4 Å². The maximum atomic E-state index is 11.6. The van der Waals surface area contributed by atoms with E-state index in [9.17, 15) is 9.59 Å². The zero-order valence-corrected chi connectivity index (χ0v) is 10.6. The van der Waals surface area contributed by atoms with E-state index >= 15 is 0 Å². The van der Waals surface area contributed by atoms with Gasteiger partial charge in [-0.2, -0.15) is 0 Å². The molecular formula is C13H17NO5. The molecular weight excluding hydrogens is 250 g/mol. The summed E-state index contributed by atoms with van der Waals surface area (Å²) in [7, 11) is 0. The van der Waals surface area contributed by atoms with Gasteiger partial charge < -0.3 is 19.1 Å². The van der Waals surface area contributed by atoms with Crippen molar-refractivity contribution in [2.24, 2.45) is 0 Å². The fourth-order valence-corrected chi connectivity index (χ4v) is 1.96. The number of hydrogen-bond donors (Lipinski definition) is 1. The highest BCUT2D eigenvalue weighted by molar-refractivity contribution is 5.87. The number of carboxylic acids is 1. The second kappa shape index (κ2) is 6.49. The Morgan fingerprint density at radius 1 is 1.47 bits per heavy atom. The van der Waals surface area contributed by atoms with Gasteiger partial charge in [0.25, 0.3) is 5.56 Å². The molecule has 0 aromatic carbocycles. The van der Waals surface area contributed by atoms with Crippen LogP contribution in [0.25, 0.3) is 0 Å². The van der Waals surface area contributed by atoms with Gasteiger partial charge in [-0.3, -0.25) is 4.79 Å². The minimum atomic E-state index is -1.05. The summed E-state index contributed by atoms with van der Waals surface area (Å²) in [6.07, 6.45) is 4.13. The number of aromatic carboxylic acids is 1. The molecule has 1 N–H and O–H groups in total. The predicted molar refractivity (Wildman–Crippen MR) is 67.2 cm³/mol. The number of carbonyl (C=O) groups is 1. The van der Waals surface area contributed by atoms with E-state index in [1.165, 1.54) is 22.9 Å². The number of hydrogen-bond acceptors (Lipinski definition) is 4. The summed E-state index contributed by atoms with van der Waals surface area (Å²) in [5.41, 5.74) is -0.147. The molecule has 19 heavy (non-hydrogen) atoms. The zero-order valence-electron chi connectivity index (χ0n) is 10.6. The van der Waals surface area contributed by atoms with E-state index in [4.69, 9.17) is 14.6 Å². The Balaban J connectivity index is 1.89. The van der Waals surface area contributed by atoms with E-state index in [0.29, 0.717) is 19.8 Å². The fraction of sp³-hybridized carbons (Fsp3) is 0.538. The third-order valence-corrected chi connectivity index (χ3v) is 3.00. The first kappa shape index (κ1) is 13.8.